The van der Waals surface area contributed by atoms with Gasteiger partial charge in [0.05, 0.1) is 11.7 Å². The van der Waals surface area contributed by atoms with Crippen LogP contribution in [0.15, 0.2) is 103 Å². The van der Waals surface area contributed by atoms with Crippen molar-refractivity contribution in [1.82, 2.24) is 4.98 Å². The molecule has 0 fully saturated rings. The van der Waals surface area contributed by atoms with Crippen LogP contribution in [-0.2, 0) is 4.57 Å². The van der Waals surface area contributed by atoms with Crippen LogP contribution < -0.4 is 15.3 Å². The van der Waals surface area contributed by atoms with Crippen molar-refractivity contribution in [1.29, 1.82) is 0 Å². The highest BCUT2D eigenvalue weighted by atomic mass is 31.2. The Morgan fingerprint density at radius 1 is 0.824 bits per heavy atom. The van der Waals surface area contributed by atoms with Crippen molar-refractivity contribution in [3.63, 3.8) is 0 Å². The van der Waals surface area contributed by atoms with Gasteiger partial charge in [-0.1, -0.05) is 60.7 Å². The zero-order valence-corrected chi connectivity index (χ0v) is 19.7. The maximum Gasteiger partial charge on any atom is 0.231 e. The summed E-state index contributed by atoms with van der Waals surface area (Å²) in [6.45, 7) is 2.13. The standard InChI is InChI=1S/C30H23N2OP/c1-20-16-17-31-19-26(20)21-14-15-28-25(18-21)24-10-4-7-13-30(24)34(33)29-12-6-3-9-23(29)22-8-2-5-11-27(22)32(28)34/h2-14,16-19,28H,15H2,1H3/t28?,34-/m1/s1. The van der Waals surface area contributed by atoms with E-state index in [0.717, 1.165) is 45.0 Å². The lowest BCUT2D eigenvalue weighted by Gasteiger charge is -2.49. The Morgan fingerprint density at radius 3 is 2.29 bits per heavy atom. The molecule has 7 rings (SSSR count). The summed E-state index contributed by atoms with van der Waals surface area (Å²) in [6, 6.07) is 27.0. The molecule has 1 aromatic heterocycles. The summed E-state index contributed by atoms with van der Waals surface area (Å²) in [5.41, 5.74) is 9.19. The van der Waals surface area contributed by atoms with Gasteiger partial charge in [-0.25, -0.2) is 0 Å². The molecule has 0 saturated carbocycles. The quantitative estimate of drug-likeness (QED) is 0.311. The first kappa shape index (κ1) is 19.8. The van der Waals surface area contributed by atoms with E-state index in [2.05, 4.69) is 89.4 Å². The van der Waals surface area contributed by atoms with E-state index in [1.807, 2.05) is 30.6 Å². The Bertz CT molecular complexity index is 1600. The predicted molar refractivity (Wildman–Crippen MR) is 141 cm³/mol. The zero-order valence-electron chi connectivity index (χ0n) is 18.8. The highest BCUT2D eigenvalue weighted by Gasteiger charge is 2.50. The van der Waals surface area contributed by atoms with Crippen molar-refractivity contribution in [3.8, 4) is 11.1 Å². The van der Waals surface area contributed by atoms with Crippen molar-refractivity contribution < 1.29 is 4.57 Å². The number of anilines is 1. The summed E-state index contributed by atoms with van der Waals surface area (Å²) in [4.78, 5) is 4.38. The van der Waals surface area contributed by atoms with E-state index < -0.39 is 7.29 Å². The number of hydrogen-bond acceptors (Lipinski definition) is 2. The third-order valence-electron chi connectivity index (χ3n) is 7.39. The van der Waals surface area contributed by atoms with E-state index >= 15 is 4.57 Å². The lowest BCUT2D eigenvalue weighted by Crippen LogP contribution is -2.48. The largest absolute Gasteiger partial charge is 0.307 e. The van der Waals surface area contributed by atoms with Crippen LogP contribution in [-0.4, -0.2) is 11.0 Å². The van der Waals surface area contributed by atoms with Crippen molar-refractivity contribution in [2.24, 2.45) is 0 Å². The van der Waals surface area contributed by atoms with Gasteiger partial charge in [-0.05, 0) is 71.5 Å². The third kappa shape index (κ3) is 2.53. The maximum atomic E-state index is 15.4. The van der Waals surface area contributed by atoms with Crippen molar-refractivity contribution >= 4 is 34.7 Å². The Hall–Kier alpha value is -3.68. The molecule has 0 bridgehead atoms. The van der Waals surface area contributed by atoms with Crippen molar-refractivity contribution in [3.05, 3.63) is 120 Å². The zero-order chi connectivity index (χ0) is 22.9. The molecule has 3 nitrogen and oxygen atoms in total. The monoisotopic (exact) mass is 458 g/mol. The first-order valence-electron chi connectivity index (χ1n) is 11.7. The van der Waals surface area contributed by atoms with Gasteiger partial charge in [-0.15, -0.1) is 0 Å². The fourth-order valence-electron chi connectivity index (χ4n) is 5.86. The number of allylic oxidation sites excluding steroid dienone is 2. The molecule has 2 atom stereocenters. The Kier molecular flexibility index (Phi) is 4.16. The molecule has 3 aromatic carbocycles. The molecule has 4 aromatic rings. The van der Waals surface area contributed by atoms with Crippen LogP contribution in [0.3, 0.4) is 0 Å². The first-order chi connectivity index (χ1) is 16.7. The molecule has 3 aliphatic rings. The molecule has 0 N–H and O–H groups in total. The molecule has 3 heterocycles. The molecule has 0 saturated heterocycles. The Labute approximate surface area is 199 Å². The van der Waals surface area contributed by atoms with Crippen LogP contribution in [0.25, 0.3) is 22.3 Å². The second kappa shape index (κ2) is 7.16. The minimum Gasteiger partial charge on any atom is -0.307 e. The smallest absolute Gasteiger partial charge is 0.231 e. The summed E-state index contributed by atoms with van der Waals surface area (Å²) < 4.78 is 17.6. The fraction of sp³-hybridized carbons (Fsp3) is 0.100. The molecule has 0 amide bonds. The van der Waals surface area contributed by atoms with Crippen molar-refractivity contribution in [2.75, 3.05) is 4.67 Å². The van der Waals surface area contributed by atoms with E-state index in [4.69, 9.17) is 0 Å². The Balaban J connectivity index is 1.53. The summed E-state index contributed by atoms with van der Waals surface area (Å²) in [5.74, 6) is 0. The van der Waals surface area contributed by atoms with Crippen LogP contribution >= 0.6 is 7.29 Å². The second-order valence-corrected chi connectivity index (χ2v) is 11.7. The highest BCUT2D eigenvalue weighted by molar-refractivity contribution is 7.80. The molecule has 34 heavy (non-hydrogen) atoms. The number of benzene rings is 3. The average Bonchev–Trinajstić information content (AvgIpc) is 2.89. The van der Waals surface area contributed by atoms with Crippen LogP contribution in [0.4, 0.5) is 5.69 Å². The van der Waals surface area contributed by atoms with Crippen LogP contribution in [0, 0.1) is 6.92 Å². The van der Waals surface area contributed by atoms with Gasteiger partial charge in [-0.2, -0.15) is 0 Å². The van der Waals surface area contributed by atoms with Gasteiger partial charge in [0.25, 0.3) is 0 Å². The maximum absolute atomic E-state index is 15.4. The van der Waals surface area contributed by atoms with Gasteiger partial charge >= 0.3 is 0 Å². The van der Waals surface area contributed by atoms with Gasteiger partial charge in [0.1, 0.15) is 0 Å². The summed E-state index contributed by atoms with van der Waals surface area (Å²) >= 11 is 0. The van der Waals surface area contributed by atoms with Gasteiger partial charge in [0.2, 0.25) is 7.29 Å². The van der Waals surface area contributed by atoms with Crippen LogP contribution in [0.5, 0.6) is 0 Å². The molecule has 164 valence electrons. The minimum absolute atomic E-state index is 0.0102. The van der Waals surface area contributed by atoms with E-state index in [9.17, 15) is 0 Å². The SMILES string of the molecule is Cc1ccncc1C1=CCC2C(=C1)c1ccccc1[P@]1(=O)c3ccccc3-c3ccccc3N21. The molecule has 2 aliphatic heterocycles. The highest BCUT2D eigenvalue weighted by Crippen LogP contribution is 2.63. The average molecular weight is 459 g/mol. The summed E-state index contributed by atoms with van der Waals surface area (Å²) in [7, 11) is -3.07. The molecular weight excluding hydrogens is 435 g/mol. The number of fused-ring (bicyclic) bond motifs is 11. The fourth-order valence-corrected chi connectivity index (χ4v) is 9.30. The number of nitrogens with zero attached hydrogens (tertiary/aromatic N) is 2. The van der Waals surface area contributed by atoms with Crippen LogP contribution in [0.2, 0.25) is 0 Å². The minimum atomic E-state index is -3.07. The third-order valence-corrected chi connectivity index (χ3v) is 10.6. The van der Waals surface area contributed by atoms with Gasteiger partial charge in [0, 0.05) is 34.1 Å². The summed E-state index contributed by atoms with van der Waals surface area (Å²) in [5, 5.41) is 1.88. The van der Waals surface area contributed by atoms with E-state index in [1.165, 1.54) is 16.7 Å². The second-order valence-electron chi connectivity index (χ2n) is 9.17. The van der Waals surface area contributed by atoms with Gasteiger partial charge in [0.15, 0.2) is 0 Å². The predicted octanol–water partition coefficient (Wildman–Crippen LogP) is 6.36. The van der Waals surface area contributed by atoms with E-state index in [-0.39, 0.29) is 6.04 Å². The molecule has 1 aliphatic carbocycles. The molecule has 0 radical (unpaired) electrons. The number of aryl methyl sites for hydroxylation is 1. The molecular formula is C30H23N2OP. The molecule has 1 unspecified atom stereocenters. The number of hydrogen-bond donors (Lipinski definition) is 0. The molecule has 0 spiro atoms. The number of para-hydroxylation sites is 1. The van der Waals surface area contributed by atoms with Crippen LogP contribution in [0.1, 0.15) is 23.1 Å². The number of aromatic nitrogens is 1. The topological polar surface area (TPSA) is 33.2 Å². The Morgan fingerprint density at radius 2 is 1.50 bits per heavy atom. The lowest BCUT2D eigenvalue weighted by atomic mass is 9.85. The van der Waals surface area contributed by atoms with E-state index in [1.54, 1.807) is 0 Å². The first-order valence-corrected chi connectivity index (χ1v) is 13.4. The summed E-state index contributed by atoms with van der Waals surface area (Å²) in [6.07, 6.45) is 9.17. The lowest BCUT2D eigenvalue weighted by molar-refractivity contribution is 0.579. The molecule has 4 heteroatoms. The number of rotatable bonds is 1. The number of pyridine rings is 1. The van der Waals surface area contributed by atoms with E-state index in [0.29, 0.717) is 0 Å². The van der Waals surface area contributed by atoms with Crippen molar-refractivity contribution in [2.45, 2.75) is 19.4 Å². The van der Waals surface area contributed by atoms with Gasteiger partial charge < -0.3 is 4.67 Å². The normalized spacial score (nSPS) is 21.8. The van der Waals surface area contributed by atoms with Gasteiger partial charge in [-0.3, -0.25) is 9.55 Å².